The van der Waals surface area contributed by atoms with Gasteiger partial charge in [0.15, 0.2) is 0 Å². The number of benzene rings is 1. The summed E-state index contributed by atoms with van der Waals surface area (Å²) < 4.78 is 5.65. The van der Waals surface area contributed by atoms with E-state index in [0.29, 0.717) is 5.92 Å². The van der Waals surface area contributed by atoms with E-state index in [1.807, 2.05) is 18.2 Å². The van der Waals surface area contributed by atoms with E-state index >= 15 is 0 Å². The summed E-state index contributed by atoms with van der Waals surface area (Å²) in [6.07, 6.45) is 1.34. The lowest BCUT2D eigenvalue weighted by molar-refractivity contribution is 0.0869. The topological polar surface area (TPSA) is 47.3 Å². The van der Waals surface area contributed by atoms with Crippen molar-refractivity contribution in [3.05, 3.63) is 35.9 Å². The van der Waals surface area contributed by atoms with Gasteiger partial charge >= 0.3 is 0 Å². The summed E-state index contributed by atoms with van der Waals surface area (Å²) in [5, 5.41) is 3.65. The van der Waals surface area contributed by atoms with Crippen LogP contribution < -0.4 is 11.1 Å². The maximum Gasteiger partial charge on any atom is 0.0726 e. The Bertz CT molecular complexity index is 395. The average Bonchev–Trinajstić information content (AvgIpc) is 2.77. The smallest absolute Gasteiger partial charge is 0.0726 e. The summed E-state index contributed by atoms with van der Waals surface area (Å²) >= 11 is 0. The van der Waals surface area contributed by atoms with E-state index in [9.17, 15) is 0 Å². The third-order valence-corrected chi connectivity index (χ3v) is 4.51. The molecule has 4 atom stereocenters. The molecular weight excluding hydrogens is 236 g/mol. The van der Waals surface area contributed by atoms with Crippen LogP contribution in [0.4, 0.5) is 0 Å². The Hall–Kier alpha value is -0.900. The number of rotatable bonds is 5. The molecule has 3 heteroatoms. The van der Waals surface area contributed by atoms with Gasteiger partial charge in [0.05, 0.1) is 6.10 Å². The second-order valence-corrected chi connectivity index (χ2v) is 5.98. The lowest BCUT2D eigenvalue weighted by atomic mass is 9.91. The van der Waals surface area contributed by atoms with Gasteiger partial charge in [0, 0.05) is 24.7 Å². The van der Waals surface area contributed by atoms with E-state index in [2.05, 4.69) is 38.2 Å². The molecule has 1 aliphatic heterocycles. The Balaban J connectivity index is 1.89. The minimum Gasteiger partial charge on any atom is -0.377 e. The van der Waals surface area contributed by atoms with E-state index in [1.54, 1.807) is 0 Å². The molecule has 3 N–H and O–H groups in total. The first-order chi connectivity index (χ1) is 9.03. The highest BCUT2D eigenvalue weighted by Crippen LogP contribution is 2.26. The zero-order valence-corrected chi connectivity index (χ0v) is 12.2. The van der Waals surface area contributed by atoms with Crippen molar-refractivity contribution in [2.24, 2.45) is 11.7 Å². The Morgan fingerprint density at radius 2 is 2.11 bits per heavy atom. The summed E-state index contributed by atoms with van der Waals surface area (Å²) in [7, 11) is 0. The van der Waals surface area contributed by atoms with Gasteiger partial charge in [-0.05, 0) is 31.7 Å². The standard InChI is InChI=1S/C16H26N2O/c1-12(15(17)14-7-5-4-6-8-14)11-18-16(3)9-10-19-13(16)2/h4-8,12-13,15,18H,9-11,17H2,1-3H3. The molecular formula is C16H26N2O. The van der Waals surface area contributed by atoms with Crippen LogP contribution in [-0.2, 0) is 4.74 Å². The van der Waals surface area contributed by atoms with Crippen LogP contribution in [0.5, 0.6) is 0 Å². The fraction of sp³-hybridized carbons (Fsp3) is 0.625. The third-order valence-electron chi connectivity index (χ3n) is 4.51. The van der Waals surface area contributed by atoms with Crippen LogP contribution in [0.3, 0.4) is 0 Å². The van der Waals surface area contributed by atoms with Crippen molar-refractivity contribution in [1.82, 2.24) is 5.32 Å². The van der Waals surface area contributed by atoms with Crippen LogP contribution in [0.2, 0.25) is 0 Å². The molecule has 3 nitrogen and oxygen atoms in total. The van der Waals surface area contributed by atoms with Gasteiger partial charge in [0.2, 0.25) is 0 Å². The number of hydrogen-bond acceptors (Lipinski definition) is 3. The second kappa shape index (κ2) is 6.04. The van der Waals surface area contributed by atoms with Crippen molar-refractivity contribution in [1.29, 1.82) is 0 Å². The van der Waals surface area contributed by atoms with Gasteiger partial charge in [-0.2, -0.15) is 0 Å². The van der Waals surface area contributed by atoms with Gasteiger partial charge in [0.25, 0.3) is 0 Å². The molecule has 0 aliphatic carbocycles. The molecule has 2 rings (SSSR count). The molecule has 0 aromatic heterocycles. The zero-order chi connectivity index (χ0) is 13.9. The van der Waals surface area contributed by atoms with Gasteiger partial charge in [0.1, 0.15) is 0 Å². The van der Waals surface area contributed by atoms with Crippen LogP contribution in [0.25, 0.3) is 0 Å². The number of nitrogens with two attached hydrogens (primary N) is 1. The molecule has 1 fully saturated rings. The monoisotopic (exact) mass is 262 g/mol. The van der Waals surface area contributed by atoms with Crippen molar-refractivity contribution in [2.75, 3.05) is 13.2 Å². The minimum atomic E-state index is 0.0786. The van der Waals surface area contributed by atoms with E-state index in [0.717, 1.165) is 19.6 Å². The molecule has 0 bridgehead atoms. The lowest BCUT2D eigenvalue weighted by Gasteiger charge is -2.32. The summed E-state index contributed by atoms with van der Waals surface area (Å²) in [6.45, 7) is 8.35. The Labute approximate surface area is 116 Å². The van der Waals surface area contributed by atoms with Crippen LogP contribution in [0.1, 0.15) is 38.8 Å². The molecule has 19 heavy (non-hydrogen) atoms. The minimum absolute atomic E-state index is 0.0786. The molecule has 0 amide bonds. The van der Waals surface area contributed by atoms with Crippen LogP contribution in [-0.4, -0.2) is 24.8 Å². The molecule has 0 saturated carbocycles. The SMILES string of the molecule is CC(CNC1(C)CCOC1C)C(N)c1ccccc1. The highest BCUT2D eigenvalue weighted by Gasteiger charge is 2.36. The van der Waals surface area contributed by atoms with Gasteiger partial charge in [-0.15, -0.1) is 0 Å². The molecule has 4 unspecified atom stereocenters. The fourth-order valence-electron chi connectivity index (χ4n) is 2.59. The first-order valence-corrected chi connectivity index (χ1v) is 7.20. The van der Waals surface area contributed by atoms with Crippen molar-refractivity contribution >= 4 is 0 Å². The van der Waals surface area contributed by atoms with Crippen LogP contribution >= 0.6 is 0 Å². The Morgan fingerprint density at radius 1 is 1.42 bits per heavy atom. The van der Waals surface area contributed by atoms with Crippen LogP contribution in [0, 0.1) is 5.92 Å². The van der Waals surface area contributed by atoms with Crippen molar-refractivity contribution in [3.8, 4) is 0 Å². The van der Waals surface area contributed by atoms with E-state index < -0.39 is 0 Å². The molecule has 1 saturated heterocycles. The van der Waals surface area contributed by atoms with Gasteiger partial charge in [-0.1, -0.05) is 37.3 Å². The molecule has 106 valence electrons. The van der Waals surface area contributed by atoms with Gasteiger partial charge < -0.3 is 15.8 Å². The van der Waals surface area contributed by atoms with Gasteiger partial charge in [-0.25, -0.2) is 0 Å². The number of ether oxygens (including phenoxy) is 1. The highest BCUT2D eigenvalue weighted by molar-refractivity contribution is 5.19. The van der Waals surface area contributed by atoms with Gasteiger partial charge in [-0.3, -0.25) is 0 Å². The Morgan fingerprint density at radius 3 is 2.68 bits per heavy atom. The molecule has 1 heterocycles. The Kier molecular flexibility index (Phi) is 4.61. The van der Waals surface area contributed by atoms with Crippen molar-refractivity contribution in [2.45, 2.75) is 44.9 Å². The number of nitrogens with one attached hydrogen (secondary N) is 1. The molecule has 0 radical (unpaired) electrons. The molecule has 1 aromatic carbocycles. The summed E-state index contributed by atoms with van der Waals surface area (Å²) in [4.78, 5) is 0. The third kappa shape index (κ3) is 3.35. The second-order valence-electron chi connectivity index (χ2n) is 5.98. The summed E-state index contributed by atoms with van der Waals surface area (Å²) in [6, 6.07) is 10.4. The molecule has 0 spiro atoms. The highest BCUT2D eigenvalue weighted by atomic mass is 16.5. The largest absolute Gasteiger partial charge is 0.377 e. The van der Waals surface area contributed by atoms with E-state index in [4.69, 9.17) is 10.5 Å². The lowest BCUT2D eigenvalue weighted by Crippen LogP contribution is -2.50. The first kappa shape index (κ1) is 14.5. The average molecular weight is 262 g/mol. The predicted molar refractivity (Wildman–Crippen MR) is 79.0 cm³/mol. The maximum absolute atomic E-state index is 6.33. The molecule has 1 aromatic rings. The van der Waals surface area contributed by atoms with E-state index in [1.165, 1.54) is 5.56 Å². The molecule has 1 aliphatic rings. The van der Waals surface area contributed by atoms with Crippen LogP contribution in [0.15, 0.2) is 30.3 Å². The summed E-state index contributed by atoms with van der Waals surface area (Å²) in [5.74, 6) is 0.395. The quantitative estimate of drug-likeness (QED) is 0.857. The van der Waals surface area contributed by atoms with Crippen molar-refractivity contribution < 1.29 is 4.74 Å². The predicted octanol–water partition coefficient (Wildman–Crippen LogP) is 2.48. The number of hydrogen-bond donors (Lipinski definition) is 2. The summed E-state index contributed by atoms with van der Waals surface area (Å²) in [5.41, 5.74) is 7.62. The zero-order valence-electron chi connectivity index (χ0n) is 12.2. The maximum atomic E-state index is 6.33. The fourth-order valence-corrected chi connectivity index (χ4v) is 2.59. The first-order valence-electron chi connectivity index (χ1n) is 7.20. The van der Waals surface area contributed by atoms with E-state index in [-0.39, 0.29) is 17.7 Å². The van der Waals surface area contributed by atoms with Crippen molar-refractivity contribution in [3.63, 3.8) is 0 Å². The normalized spacial score (nSPS) is 30.2.